The number of nitrogens with zero attached hydrogens (tertiary/aromatic N) is 1. The first-order valence-corrected chi connectivity index (χ1v) is 5.06. The number of ether oxygens (including phenoxy) is 1. The molecule has 3 nitrogen and oxygen atoms in total. The first-order valence-electron chi connectivity index (χ1n) is 5.06. The largest absolute Gasteiger partial charge is 0.466 e. The van der Waals surface area contributed by atoms with E-state index in [-0.39, 0.29) is 5.97 Å². The molecule has 0 fully saturated rings. The van der Waals surface area contributed by atoms with Crippen molar-refractivity contribution in [2.45, 2.75) is 19.8 Å². The lowest BCUT2D eigenvalue weighted by atomic mass is 10.2. The second kappa shape index (κ2) is 6.76. The Balaban J connectivity index is 2.26. The molecule has 1 aromatic rings. The molecule has 80 valence electrons. The van der Waals surface area contributed by atoms with Crippen LogP contribution in [0.25, 0.3) is 6.08 Å². The van der Waals surface area contributed by atoms with Gasteiger partial charge in [-0.2, -0.15) is 0 Å². The van der Waals surface area contributed by atoms with Gasteiger partial charge in [0.05, 0.1) is 12.3 Å². The van der Waals surface area contributed by atoms with E-state index in [0.717, 1.165) is 5.69 Å². The summed E-state index contributed by atoms with van der Waals surface area (Å²) in [5, 5.41) is 0. The molecule has 3 heteroatoms. The van der Waals surface area contributed by atoms with E-state index >= 15 is 0 Å². The van der Waals surface area contributed by atoms with E-state index in [2.05, 4.69) is 4.98 Å². The number of allylic oxidation sites excluding steroid dienone is 1. The van der Waals surface area contributed by atoms with E-state index in [0.29, 0.717) is 19.4 Å². The average Bonchev–Trinajstić information content (AvgIpc) is 2.26. The smallest absolute Gasteiger partial charge is 0.306 e. The molecule has 15 heavy (non-hydrogen) atoms. The normalized spacial score (nSPS) is 10.5. The van der Waals surface area contributed by atoms with Gasteiger partial charge in [0.2, 0.25) is 0 Å². The van der Waals surface area contributed by atoms with E-state index in [1.807, 2.05) is 37.3 Å². The van der Waals surface area contributed by atoms with Gasteiger partial charge < -0.3 is 4.74 Å². The topological polar surface area (TPSA) is 39.2 Å². The first-order chi connectivity index (χ1) is 7.33. The summed E-state index contributed by atoms with van der Waals surface area (Å²) in [5.41, 5.74) is 0.904. The highest BCUT2D eigenvalue weighted by molar-refractivity contribution is 5.69. The monoisotopic (exact) mass is 205 g/mol. The SMILES string of the molecule is CCOC(=O)CC/C=C/c1ccccn1. The molecule has 0 aromatic carbocycles. The molecule has 0 spiro atoms. The van der Waals surface area contributed by atoms with Gasteiger partial charge in [-0.15, -0.1) is 0 Å². The Morgan fingerprint density at radius 3 is 3.07 bits per heavy atom. The summed E-state index contributed by atoms with van der Waals surface area (Å²) in [5.74, 6) is -0.150. The van der Waals surface area contributed by atoms with Crippen molar-refractivity contribution in [3.05, 3.63) is 36.2 Å². The number of rotatable bonds is 5. The molecular weight excluding hydrogens is 190 g/mol. The maximum atomic E-state index is 11.0. The van der Waals surface area contributed by atoms with E-state index in [1.54, 1.807) is 6.20 Å². The van der Waals surface area contributed by atoms with E-state index in [4.69, 9.17) is 4.74 Å². The van der Waals surface area contributed by atoms with Crippen LogP contribution in [0.15, 0.2) is 30.5 Å². The number of hydrogen-bond donors (Lipinski definition) is 0. The summed E-state index contributed by atoms with van der Waals surface area (Å²) in [6.07, 6.45) is 6.69. The molecule has 0 radical (unpaired) electrons. The lowest BCUT2D eigenvalue weighted by Crippen LogP contribution is -2.02. The van der Waals surface area contributed by atoms with Crippen molar-refractivity contribution in [3.8, 4) is 0 Å². The minimum absolute atomic E-state index is 0.150. The van der Waals surface area contributed by atoms with Crippen molar-refractivity contribution in [1.82, 2.24) is 4.98 Å². The van der Waals surface area contributed by atoms with Crippen LogP contribution in [0.1, 0.15) is 25.5 Å². The van der Waals surface area contributed by atoms with Gasteiger partial charge in [-0.05, 0) is 31.6 Å². The lowest BCUT2D eigenvalue weighted by Gasteiger charge is -1.97. The Kier molecular flexibility index (Phi) is 5.15. The van der Waals surface area contributed by atoms with Crippen molar-refractivity contribution < 1.29 is 9.53 Å². The zero-order valence-corrected chi connectivity index (χ0v) is 8.85. The van der Waals surface area contributed by atoms with E-state index in [1.165, 1.54) is 0 Å². The molecule has 0 bridgehead atoms. The maximum Gasteiger partial charge on any atom is 0.306 e. The van der Waals surface area contributed by atoms with Gasteiger partial charge in [0.1, 0.15) is 0 Å². The zero-order chi connectivity index (χ0) is 10.9. The van der Waals surface area contributed by atoms with Crippen LogP contribution in [0.2, 0.25) is 0 Å². The molecule has 1 rings (SSSR count). The van der Waals surface area contributed by atoms with Crippen LogP contribution < -0.4 is 0 Å². The fourth-order valence-corrected chi connectivity index (χ4v) is 1.11. The van der Waals surface area contributed by atoms with Crippen LogP contribution in [-0.2, 0) is 9.53 Å². The molecule has 0 amide bonds. The van der Waals surface area contributed by atoms with Gasteiger partial charge >= 0.3 is 5.97 Å². The standard InChI is InChI=1S/C12H15NO2/c1-2-15-12(14)9-4-3-7-11-8-5-6-10-13-11/h3,5-8,10H,2,4,9H2,1H3/b7-3+. The van der Waals surface area contributed by atoms with Gasteiger partial charge in [0, 0.05) is 12.6 Å². The number of esters is 1. The summed E-state index contributed by atoms with van der Waals surface area (Å²) in [7, 11) is 0. The molecule has 0 saturated heterocycles. The van der Waals surface area contributed by atoms with Crippen LogP contribution in [-0.4, -0.2) is 17.6 Å². The molecule has 0 N–H and O–H groups in total. The van der Waals surface area contributed by atoms with Gasteiger partial charge in [0.15, 0.2) is 0 Å². The number of hydrogen-bond acceptors (Lipinski definition) is 3. The van der Waals surface area contributed by atoms with Gasteiger partial charge in [-0.25, -0.2) is 0 Å². The summed E-state index contributed by atoms with van der Waals surface area (Å²) in [6.45, 7) is 2.25. The zero-order valence-electron chi connectivity index (χ0n) is 8.85. The highest BCUT2D eigenvalue weighted by atomic mass is 16.5. The highest BCUT2D eigenvalue weighted by Crippen LogP contribution is 2.00. The molecule has 0 atom stereocenters. The minimum Gasteiger partial charge on any atom is -0.466 e. The third-order valence-corrected chi connectivity index (χ3v) is 1.80. The molecule has 0 aliphatic carbocycles. The van der Waals surface area contributed by atoms with Gasteiger partial charge in [0.25, 0.3) is 0 Å². The molecular formula is C12H15NO2. The third kappa shape index (κ3) is 4.96. The predicted molar refractivity (Wildman–Crippen MR) is 59.1 cm³/mol. The summed E-state index contributed by atoms with van der Waals surface area (Å²) in [4.78, 5) is 15.1. The van der Waals surface area contributed by atoms with Gasteiger partial charge in [-0.1, -0.05) is 12.1 Å². The Labute approximate surface area is 89.8 Å². The Morgan fingerprint density at radius 1 is 1.53 bits per heavy atom. The number of aromatic nitrogens is 1. The van der Waals surface area contributed by atoms with E-state index in [9.17, 15) is 4.79 Å². The van der Waals surface area contributed by atoms with Crippen LogP contribution >= 0.6 is 0 Å². The van der Waals surface area contributed by atoms with Crippen LogP contribution in [0, 0.1) is 0 Å². The second-order valence-corrected chi connectivity index (χ2v) is 3.00. The summed E-state index contributed by atoms with van der Waals surface area (Å²) < 4.78 is 4.81. The first kappa shape index (κ1) is 11.4. The highest BCUT2D eigenvalue weighted by Gasteiger charge is 1.97. The fraction of sp³-hybridized carbons (Fsp3) is 0.333. The number of carbonyl (C=O) groups is 1. The molecule has 0 aliphatic heterocycles. The van der Waals surface area contributed by atoms with Crippen LogP contribution in [0.4, 0.5) is 0 Å². The van der Waals surface area contributed by atoms with Crippen molar-refractivity contribution in [1.29, 1.82) is 0 Å². The third-order valence-electron chi connectivity index (χ3n) is 1.80. The quantitative estimate of drug-likeness (QED) is 0.693. The van der Waals surface area contributed by atoms with Crippen LogP contribution in [0.3, 0.4) is 0 Å². The molecule has 0 saturated carbocycles. The lowest BCUT2D eigenvalue weighted by molar-refractivity contribution is -0.142. The van der Waals surface area contributed by atoms with E-state index < -0.39 is 0 Å². The second-order valence-electron chi connectivity index (χ2n) is 3.00. The molecule has 0 unspecified atom stereocenters. The minimum atomic E-state index is -0.150. The predicted octanol–water partition coefficient (Wildman–Crippen LogP) is 2.44. The van der Waals surface area contributed by atoms with Crippen molar-refractivity contribution in [2.24, 2.45) is 0 Å². The molecule has 0 aliphatic rings. The Hall–Kier alpha value is -1.64. The number of pyridine rings is 1. The van der Waals surface area contributed by atoms with Crippen molar-refractivity contribution >= 4 is 12.0 Å². The van der Waals surface area contributed by atoms with Gasteiger partial charge in [-0.3, -0.25) is 9.78 Å². The average molecular weight is 205 g/mol. The Morgan fingerprint density at radius 2 is 2.40 bits per heavy atom. The summed E-state index contributed by atoms with van der Waals surface area (Å²) >= 11 is 0. The molecule has 1 heterocycles. The maximum absolute atomic E-state index is 11.0. The fourth-order valence-electron chi connectivity index (χ4n) is 1.11. The summed E-state index contributed by atoms with van der Waals surface area (Å²) in [6, 6.07) is 5.72. The van der Waals surface area contributed by atoms with Crippen molar-refractivity contribution in [2.75, 3.05) is 6.61 Å². The van der Waals surface area contributed by atoms with Crippen molar-refractivity contribution in [3.63, 3.8) is 0 Å². The van der Waals surface area contributed by atoms with Crippen LogP contribution in [0.5, 0.6) is 0 Å². The molecule has 1 aromatic heterocycles. The Bertz CT molecular complexity index is 320. The number of carbonyl (C=O) groups excluding carboxylic acids is 1.